The molecule has 0 aliphatic heterocycles. The van der Waals surface area contributed by atoms with Crippen LogP contribution in [-0.2, 0) is 6.54 Å². The monoisotopic (exact) mass is 310 g/mol. The maximum absolute atomic E-state index is 5.44. The van der Waals surface area contributed by atoms with Gasteiger partial charge in [0.05, 0.1) is 27.9 Å². The van der Waals surface area contributed by atoms with E-state index in [4.69, 9.17) is 26.4 Å². The van der Waals surface area contributed by atoms with E-state index in [1.165, 1.54) is 0 Å². The van der Waals surface area contributed by atoms with E-state index >= 15 is 0 Å². The van der Waals surface area contributed by atoms with Crippen LogP contribution in [0.15, 0.2) is 12.1 Å². The van der Waals surface area contributed by atoms with Crippen LogP contribution < -0.4 is 19.6 Å². The van der Waals surface area contributed by atoms with Gasteiger partial charge >= 0.3 is 0 Å². The molecule has 2 rings (SSSR count). The number of ether oxygens (including phenoxy) is 3. The Hall–Kier alpha value is -2.22. The minimum atomic E-state index is 0.498. The number of rotatable bonds is 6. The molecule has 0 fully saturated rings. The molecule has 1 aromatic heterocycles. The summed E-state index contributed by atoms with van der Waals surface area (Å²) in [4.78, 5) is 0. The topological polar surface area (TPSA) is 73.3 Å². The number of aromatic amines is 1. The summed E-state index contributed by atoms with van der Waals surface area (Å²) < 4.78 is 18.3. The molecule has 0 aliphatic rings. The third-order valence-corrected chi connectivity index (χ3v) is 3.33. The standard InChI is InChI=1S/C13H18N4O3S/c1-8-15-16-13(21)17(8)14-7-9-5-6-10(18-2)12(20-4)11(9)19-3/h5-6,14H,7H2,1-4H3,(H,16,21). The van der Waals surface area contributed by atoms with Crippen LogP contribution in [0.5, 0.6) is 17.2 Å². The van der Waals surface area contributed by atoms with Crippen LogP contribution in [0.4, 0.5) is 0 Å². The van der Waals surface area contributed by atoms with Gasteiger partial charge in [-0.3, -0.25) is 5.10 Å². The van der Waals surface area contributed by atoms with E-state index in [1.807, 2.05) is 19.1 Å². The molecule has 2 N–H and O–H groups in total. The SMILES string of the molecule is COc1ccc(CNn2c(C)n[nH]c2=S)c(OC)c1OC. The Morgan fingerprint density at radius 1 is 1.19 bits per heavy atom. The third kappa shape index (κ3) is 2.94. The summed E-state index contributed by atoms with van der Waals surface area (Å²) in [6, 6.07) is 3.74. The van der Waals surface area contributed by atoms with Crippen LogP contribution in [0.1, 0.15) is 11.4 Å². The van der Waals surface area contributed by atoms with Crippen LogP contribution in [0.2, 0.25) is 0 Å². The summed E-state index contributed by atoms with van der Waals surface area (Å²) in [6.07, 6.45) is 0. The van der Waals surface area contributed by atoms with Crippen molar-refractivity contribution in [3.8, 4) is 17.2 Å². The van der Waals surface area contributed by atoms with E-state index in [1.54, 1.807) is 26.0 Å². The first-order valence-electron chi connectivity index (χ1n) is 6.28. The molecule has 8 heteroatoms. The van der Waals surface area contributed by atoms with E-state index < -0.39 is 0 Å². The van der Waals surface area contributed by atoms with Gasteiger partial charge < -0.3 is 19.6 Å². The number of aromatic nitrogens is 3. The molecule has 0 saturated carbocycles. The quantitative estimate of drug-likeness (QED) is 0.795. The molecule has 2 aromatic rings. The van der Waals surface area contributed by atoms with Crippen molar-refractivity contribution in [1.82, 2.24) is 14.9 Å². The molecule has 114 valence electrons. The average Bonchev–Trinajstić information content (AvgIpc) is 2.82. The number of hydrogen-bond acceptors (Lipinski definition) is 6. The van der Waals surface area contributed by atoms with Gasteiger partial charge in [0.2, 0.25) is 10.5 Å². The predicted molar refractivity (Wildman–Crippen MR) is 81.3 cm³/mol. The first-order chi connectivity index (χ1) is 10.1. The van der Waals surface area contributed by atoms with E-state index in [9.17, 15) is 0 Å². The fraction of sp³-hybridized carbons (Fsp3) is 0.385. The largest absolute Gasteiger partial charge is 0.493 e. The van der Waals surface area contributed by atoms with Gasteiger partial charge in [-0.2, -0.15) is 5.10 Å². The van der Waals surface area contributed by atoms with Crippen LogP contribution in [0, 0.1) is 11.7 Å². The molecule has 0 saturated heterocycles. The van der Waals surface area contributed by atoms with Gasteiger partial charge in [0.25, 0.3) is 0 Å². The maximum Gasteiger partial charge on any atom is 0.214 e. The van der Waals surface area contributed by atoms with Crippen molar-refractivity contribution >= 4 is 12.2 Å². The van der Waals surface area contributed by atoms with Crippen LogP contribution >= 0.6 is 12.2 Å². The summed E-state index contributed by atoms with van der Waals surface area (Å²) in [5, 5.41) is 6.76. The van der Waals surface area contributed by atoms with E-state index in [2.05, 4.69) is 15.6 Å². The Balaban J connectivity index is 2.30. The molecule has 7 nitrogen and oxygen atoms in total. The summed E-state index contributed by atoms with van der Waals surface area (Å²) >= 11 is 5.14. The summed E-state index contributed by atoms with van der Waals surface area (Å²) in [7, 11) is 4.76. The number of hydrogen-bond donors (Lipinski definition) is 2. The van der Waals surface area contributed by atoms with Crippen molar-refractivity contribution in [2.45, 2.75) is 13.5 Å². The van der Waals surface area contributed by atoms with Gasteiger partial charge in [-0.05, 0) is 31.3 Å². The average molecular weight is 310 g/mol. The minimum absolute atomic E-state index is 0.498. The number of nitrogens with one attached hydrogen (secondary N) is 2. The van der Waals surface area contributed by atoms with Gasteiger partial charge in [-0.15, -0.1) is 0 Å². The Morgan fingerprint density at radius 2 is 1.90 bits per heavy atom. The molecule has 0 bridgehead atoms. The number of H-pyrrole nitrogens is 1. The Labute approximate surface area is 127 Å². The highest BCUT2D eigenvalue weighted by Crippen LogP contribution is 2.39. The fourth-order valence-corrected chi connectivity index (χ4v) is 2.27. The molecular weight excluding hydrogens is 292 g/mol. The molecule has 0 aliphatic carbocycles. The molecule has 1 heterocycles. The molecule has 0 atom stereocenters. The van der Waals surface area contributed by atoms with Gasteiger partial charge in [-0.1, -0.05) is 0 Å². The van der Waals surface area contributed by atoms with Crippen LogP contribution in [0.3, 0.4) is 0 Å². The second-order valence-corrected chi connectivity index (χ2v) is 4.63. The van der Waals surface area contributed by atoms with Crippen LogP contribution in [0.25, 0.3) is 0 Å². The second-order valence-electron chi connectivity index (χ2n) is 4.24. The highest BCUT2D eigenvalue weighted by Gasteiger charge is 2.15. The normalized spacial score (nSPS) is 10.3. The Kier molecular flexibility index (Phi) is 4.69. The lowest BCUT2D eigenvalue weighted by atomic mass is 10.1. The van der Waals surface area contributed by atoms with E-state index in [0.717, 1.165) is 11.4 Å². The highest BCUT2D eigenvalue weighted by molar-refractivity contribution is 7.71. The lowest BCUT2D eigenvalue weighted by molar-refractivity contribution is 0.322. The van der Waals surface area contributed by atoms with Crippen LogP contribution in [-0.4, -0.2) is 36.2 Å². The van der Waals surface area contributed by atoms with Gasteiger partial charge in [-0.25, -0.2) is 4.68 Å². The van der Waals surface area contributed by atoms with Crippen molar-refractivity contribution in [3.63, 3.8) is 0 Å². The maximum atomic E-state index is 5.44. The zero-order chi connectivity index (χ0) is 15.4. The number of aryl methyl sites for hydroxylation is 1. The van der Waals surface area contributed by atoms with Crippen molar-refractivity contribution in [2.24, 2.45) is 0 Å². The lowest BCUT2D eigenvalue weighted by Gasteiger charge is -2.16. The van der Waals surface area contributed by atoms with Crippen molar-refractivity contribution in [1.29, 1.82) is 0 Å². The van der Waals surface area contributed by atoms with E-state index in [-0.39, 0.29) is 0 Å². The molecule has 21 heavy (non-hydrogen) atoms. The van der Waals surface area contributed by atoms with Gasteiger partial charge in [0.1, 0.15) is 5.82 Å². The Bertz CT molecular complexity index is 681. The Morgan fingerprint density at radius 3 is 2.43 bits per heavy atom. The first kappa shape index (κ1) is 15.2. The minimum Gasteiger partial charge on any atom is -0.493 e. The summed E-state index contributed by atoms with van der Waals surface area (Å²) in [6.45, 7) is 2.35. The number of methoxy groups -OCH3 is 3. The van der Waals surface area contributed by atoms with Crippen molar-refractivity contribution in [2.75, 3.05) is 26.8 Å². The van der Waals surface area contributed by atoms with Crippen molar-refractivity contribution < 1.29 is 14.2 Å². The zero-order valence-electron chi connectivity index (χ0n) is 12.4. The summed E-state index contributed by atoms with van der Waals surface area (Å²) in [5.41, 5.74) is 4.10. The molecular formula is C13H18N4O3S. The summed E-state index contributed by atoms with van der Waals surface area (Å²) in [5.74, 6) is 2.55. The number of benzene rings is 1. The molecule has 1 aromatic carbocycles. The molecule has 0 unspecified atom stereocenters. The second kappa shape index (κ2) is 6.49. The van der Waals surface area contributed by atoms with Gasteiger partial charge in [0, 0.05) is 5.56 Å². The smallest absolute Gasteiger partial charge is 0.214 e. The van der Waals surface area contributed by atoms with Crippen molar-refractivity contribution in [3.05, 3.63) is 28.3 Å². The van der Waals surface area contributed by atoms with E-state index in [0.29, 0.717) is 28.6 Å². The first-order valence-corrected chi connectivity index (χ1v) is 6.69. The zero-order valence-corrected chi connectivity index (χ0v) is 13.2. The molecule has 0 radical (unpaired) electrons. The molecule has 0 amide bonds. The lowest BCUT2D eigenvalue weighted by Crippen LogP contribution is -2.16. The molecule has 0 spiro atoms. The number of nitrogens with zero attached hydrogens (tertiary/aromatic N) is 2. The van der Waals surface area contributed by atoms with Gasteiger partial charge in [0.15, 0.2) is 11.5 Å². The predicted octanol–water partition coefficient (Wildman–Crippen LogP) is 2.02. The third-order valence-electron chi connectivity index (χ3n) is 3.05. The fourth-order valence-electron chi connectivity index (χ4n) is 2.03. The highest BCUT2D eigenvalue weighted by atomic mass is 32.1.